The van der Waals surface area contributed by atoms with Gasteiger partial charge in [-0.05, 0) is 42.5 Å². The van der Waals surface area contributed by atoms with Crippen molar-refractivity contribution in [1.82, 2.24) is 0 Å². The molecule has 122 valence electrons. The van der Waals surface area contributed by atoms with E-state index in [-0.39, 0.29) is 30.2 Å². The molecule has 7 heteroatoms. The zero-order valence-electron chi connectivity index (χ0n) is 12.4. The number of halogens is 1. The molecule has 0 saturated heterocycles. The van der Waals surface area contributed by atoms with Gasteiger partial charge in [-0.15, -0.1) is 0 Å². The van der Waals surface area contributed by atoms with Crippen molar-refractivity contribution in [3.8, 4) is 5.75 Å². The number of carboxylic acid groups (broad SMARTS) is 1. The van der Waals surface area contributed by atoms with Crippen LogP contribution in [0, 0.1) is 0 Å². The minimum absolute atomic E-state index is 0.0102. The molecule has 1 amide bonds. The quantitative estimate of drug-likeness (QED) is 0.861. The summed E-state index contributed by atoms with van der Waals surface area (Å²) < 4.78 is 5.29. The second-order valence-corrected chi connectivity index (χ2v) is 5.62. The van der Waals surface area contributed by atoms with Crippen molar-refractivity contribution >= 4 is 34.9 Å². The van der Waals surface area contributed by atoms with Crippen LogP contribution in [0.5, 0.6) is 5.75 Å². The molecule has 0 bridgehead atoms. The smallest absolute Gasteiger partial charge is 0.335 e. The summed E-state index contributed by atoms with van der Waals surface area (Å²) in [6.07, 6.45) is 0. The third-order valence-electron chi connectivity index (χ3n) is 3.62. The number of hydrogen-bond acceptors (Lipinski definition) is 4. The van der Waals surface area contributed by atoms with Crippen molar-refractivity contribution in [2.24, 2.45) is 0 Å². The number of ketones is 1. The molecule has 0 aromatic heterocycles. The van der Waals surface area contributed by atoms with Gasteiger partial charge >= 0.3 is 5.97 Å². The van der Waals surface area contributed by atoms with Gasteiger partial charge in [-0.25, -0.2) is 4.79 Å². The van der Waals surface area contributed by atoms with E-state index >= 15 is 0 Å². The van der Waals surface area contributed by atoms with Crippen LogP contribution >= 0.6 is 11.6 Å². The average molecular weight is 346 g/mol. The number of ether oxygens (including phenoxy) is 1. The molecule has 1 N–H and O–H groups in total. The lowest BCUT2D eigenvalue weighted by Crippen LogP contribution is -2.42. The second kappa shape index (κ2) is 6.33. The molecule has 0 fully saturated rings. The number of carbonyl (C=O) groups excluding carboxylic acids is 2. The second-order valence-electron chi connectivity index (χ2n) is 5.19. The highest BCUT2D eigenvalue weighted by atomic mass is 35.5. The molecule has 0 saturated carbocycles. The molecule has 1 heterocycles. The van der Waals surface area contributed by atoms with Crippen LogP contribution in [0.3, 0.4) is 0 Å². The molecule has 3 rings (SSSR count). The van der Waals surface area contributed by atoms with Crippen LogP contribution in [0.4, 0.5) is 5.69 Å². The number of Topliss-reactive ketones (excluding diaryl/α,β-unsaturated/α-hetero) is 1. The van der Waals surface area contributed by atoms with Gasteiger partial charge in [-0.3, -0.25) is 14.5 Å². The van der Waals surface area contributed by atoms with E-state index in [1.807, 2.05) is 0 Å². The Morgan fingerprint density at radius 3 is 2.46 bits per heavy atom. The molecule has 2 aromatic carbocycles. The van der Waals surface area contributed by atoms with Crippen LogP contribution in [0.1, 0.15) is 20.7 Å². The van der Waals surface area contributed by atoms with Gasteiger partial charge in [0.25, 0.3) is 5.91 Å². The Hall–Kier alpha value is -2.86. The number of carbonyl (C=O) groups is 3. The van der Waals surface area contributed by atoms with E-state index in [1.165, 1.54) is 23.1 Å². The minimum atomic E-state index is -1.13. The van der Waals surface area contributed by atoms with Crippen LogP contribution in [-0.4, -0.2) is 35.9 Å². The monoisotopic (exact) mass is 345 g/mol. The molecule has 1 aliphatic rings. The molecule has 1 aliphatic heterocycles. The van der Waals surface area contributed by atoms with Crippen molar-refractivity contribution in [1.29, 1.82) is 0 Å². The van der Waals surface area contributed by atoms with E-state index in [0.29, 0.717) is 16.3 Å². The molecular weight excluding hydrogens is 334 g/mol. The first-order valence-electron chi connectivity index (χ1n) is 7.05. The molecule has 24 heavy (non-hydrogen) atoms. The lowest BCUT2D eigenvalue weighted by atomic mass is 10.1. The number of amides is 1. The molecule has 0 unspecified atom stereocenters. The Bertz CT molecular complexity index is 831. The highest BCUT2D eigenvalue weighted by Crippen LogP contribution is 2.33. The third-order valence-corrected chi connectivity index (χ3v) is 3.87. The van der Waals surface area contributed by atoms with Gasteiger partial charge in [0.15, 0.2) is 12.4 Å². The number of hydrogen-bond donors (Lipinski definition) is 1. The number of carboxylic acids is 1. The van der Waals surface area contributed by atoms with Gasteiger partial charge in [0.1, 0.15) is 5.75 Å². The Morgan fingerprint density at radius 1 is 1.12 bits per heavy atom. The first-order valence-corrected chi connectivity index (χ1v) is 7.43. The zero-order chi connectivity index (χ0) is 17.3. The normalized spacial score (nSPS) is 13.2. The maximum absolute atomic E-state index is 12.4. The van der Waals surface area contributed by atoms with Crippen LogP contribution < -0.4 is 9.64 Å². The fourth-order valence-electron chi connectivity index (χ4n) is 2.38. The van der Waals surface area contributed by atoms with Crippen LogP contribution in [-0.2, 0) is 4.79 Å². The van der Waals surface area contributed by atoms with E-state index in [0.717, 1.165) is 0 Å². The van der Waals surface area contributed by atoms with Crippen LogP contribution in [0.15, 0.2) is 42.5 Å². The first-order chi connectivity index (χ1) is 11.5. The van der Waals surface area contributed by atoms with E-state index < -0.39 is 11.9 Å². The van der Waals surface area contributed by atoms with Gasteiger partial charge < -0.3 is 9.84 Å². The lowest BCUT2D eigenvalue weighted by molar-refractivity contribution is -0.121. The summed E-state index contributed by atoms with van der Waals surface area (Å²) in [6.45, 7) is -0.410. The summed E-state index contributed by atoms with van der Waals surface area (Å²) in [5.74, 6) is -1.45. The maximum atomic E-state index is 12.4. The highest BCUT2D eigenvalue weighted by molar-refractivity contribution is 6.30. The molecule has 0 aliphatic carbocycles. The average Bonchev–Trinajstić information content (AvgIpc) is 2.57. The zero-order valence-corrected chi connectivity index (χ0v) is 13.1. The van der Waals surface area contributed by atoms with Gasteiger partial charge in [0.2, 0.25) is 0 Å². The van der Waals surface area contributed by atoms with E-state index in [1.54, 1.807) is 24.3 Å². The summed E-state index contributed by atoms with van der Waals surface area (Å²) in [6, 6.07) is 10.5. The van der Waals surface area contributed by atoms with E-state index in [9.17, 15) is 14.4 Å². The highest BCUT2D eigenvalue weighted by Gasteiger charge is 2.28. The van der Waals surface area contributed by atoms with Crippen molar-refractivity contribution in [2.75, 3.05) is 18.1 Å². The van der Waals surface area contributed by atoms with Gasteiger partial charge in [-0.2, -0.15) is 0 Å². The van der Waals surface area contributed by atoms with Crippen molar-refractivity contribution < 1.29 is 24.2 Å². The molecule has 2 aromatic rings. The van der Waals surface area contributed by atoms with E-state index in [4.69, 9.17) is 21.4 Å². The minimum Gasteiger partial charge on any atom is -0.482 e. The van der Waals surface area contributed by atoms with E-state index in [2.05, 4.69) is 0 Å². The molecule has 6 nitrogen and oxygen atoms in total. The summed E-state index contributed by atoms with van der Waals surface area (Å²) in [5, 5.41) is 9.61. The topological polar surface area (TPSA) is 83.9 Å². The Labute approximate surface area is 142 Å². The van der Waals surface area contributed by atoms with Gasteiger partial charge in [0, 0.05) is 10.6 Å². The number of rotatable bonds is 4. The predicted molar refractivity (Wildman–Crippen MR) is 87.0 cm³/mol. The predicted octanol–water partition coefficient (Wildman–Crippen LogP) is 2.65. The van der Waals surface area contributed by atoms with Gasteiger partial charge in [-0.1, -0.05) is 11.6 Å². The molecule has 0 atom stereocenters. The number of aromatic carboxylic acids is 1. The number of nitrogens with zero attached hydrogens (tertiary/aromatic N) is 1. The fraction of sp³-hybridized carbons (Fsp3) is 0.118. The number of fused-ring (bicyclic) bond motifs is 1. The number of benzene rings is 2. The Balaban J connectivity index is 1.92. The van der Waals surface area contributed by atoms with Crippen LogP contribution in [0.2, 0.25) is 5.02 Å². The fourth-order valence-corrected chi connectivity index (χ4v) is 2.51. The van der Waals surface area contributed by atoms with Crippen LogP contribution in [0.25, 0.3) is 0 Å². The SMILES string of the molecule is O=C(O)c1ccc2c(c1)N(CC(=O)c1ccc(Cl)cc1)C(=O)CO2. The van der Waals surface area contributed by atoms with Crippen molar-refractivity contribution in [3.63, 3.8) is 0 Å². The summed E-state index contributed by atoms with van der Waals surface area (Å²) in [4.78, 5) is 36.9. The standard InChI is InChI=1S/C17H12ClNO5/c18-12-4-1-10(2-5-12)14(20)8-19-13-7-11(17(22)23)3-6-15(13)24-9-16(19)21/h1-7H,8-9H2,(H,22,23). The summed E-state index contributed by atoms with van der Waals surface area (Å²) in [7, 11) is 0. The molecular formula is C17H12ClNO5. The Kier molecular flexibility index (Phi) is 4.22. The third kappa shape index (κ3) is 3.09. The van der Waals surface area contributed by atoms with Crippen molar-refractivity contribution in [2.45, 2.75) is 0 Å². The summed E-state index contributed by atoms with van der Waals surface area (Å²) in [5.41, 5.74) is 0.694. The molecule has 0 spiro atoms. The lowest BCUT2D eigenvalue weighted by Gasteiger charge is -2.29. The molecule has 0 radical (unpaired) electrons. The maximum Gasteiger partial charge on any atom is 0.335 e. The summed E-state index contributed by atoms with van der Waals surface area (Å²) >= 11 is 5.80. The largest absolute Gasteiger partial charge is 0.482 e. The Morgan fingerprint density at radius 2 is 1.79 bits per heavy atom. The van der Waals surface area contributed by atoms with Crippen molar-refractivity contribution in [3.05, 3.63) is 58.6 Å². The number of anilines is 1. The first kappa shape index (κ1) is 16.0. The van der Waals surface area contributed by atoms with Gasteiger partial charge in [0.05, 0.1) is 17.8 Å².